The summed E-state index contributed by atoms with van der Waals surface area (Å²) < 4.78 is 0. The second kappa shape index (κ2) is 11.3. The lowest BCUT2D eigenvalue weighted by molar-refractivity contribution is 0.325. The zero-order valence-corrected chi connectivity index (χ0v) is 10.7. The molecule has 0 unspecified atom stereocenters. The predicted molar refractivity (Wildman–Crippen MR) is 66.2 cm³/mol. The summed E-state index contributed by atoms with van der Waals surface area (Å²) in [5, 5.41) is 0. The zero-order chi connectivity index (χ0) is 10.6. The first-order valence-electron chi connectivity index (χ1n) is 6.05. The number of nitrogens with zero attached hydrogens (tertiary/aromatic N) is 1. The summed E-state index contributed by atoms with van der Waals surface area (Å²) in [6, 6.07) is 0. The maximum absolute atomic E-state index is 5.64. The Morgan fingerprint density at radius 3 is 2.07 bits per heavy atom. The van der Waals surface area contributed by atoms with Crippen LogP contribution in [0, 0.1) is 0 Å². The van der Waals surface area contributed by atoms with E-state index in [1.807, 2.05) is 0 Å². The fourth-order valence-electron chi connectivity index (χ4n) is 1.60. The van der Waals surface area contributed by atoms with Crippen LogP contribution in [0.2, 0.25) is 0 Å². The van der Waals surface area contributed by atoms with E-state index in [1.54, 1.807) is 0 Å². The van der Waals surface area contributed by atoms with Crippen molar-refractivity contribution in [2.24, 2.45) is 0 Å². The maximum atomic E-state index is 5.64. The second-order valence-electron chi connectivity index (χ2n) is 4.11. The van der Waals surface area contributed by atoms with Crippen LogP contribution in [0.3, 0.4) is 0 Å². The van der Waals surface area contributed by atoms with Gasteiger partial charge in [0.05, 0.1) is 0 Å². The Bertz CT molecular complexity index is 106. The molecule has 0 bridgehead atoms. The Hall–Kier alpha value is 0.250. The monoisotopic (exact) mass is 219 g/mol. The Morgan fingerprint density at radius 1 is 0.857 bits per heavy atom. The molecule has 86 valence electrons. The van der Waals surface area contributed by atoms with Gasteiger partial charge in [0.2, 0.25) is 0 Å². The normalized spacial score (nSPS) is 11.1. The van der Waals surface area contributed by atoms with Gasteiger partial charge in [0.15, 0.2) is 0 Å². The number of alkyl halides is 1. The minimum Gasteiger partial charge on any atom is -0.306 e. The highest BCUT2D eigenvalue weighted by molar-refractivity contribution is 6.17. The topological polar surface area (TPSA) is 3.24 Å². The molecular formula is C12H26ClN. The fourth-order valence-corrected chi connectivity index (χ4v) is 1.72. The molecule has 0 aromatic heterocycles. The minimum atomic E-state index is 0.793. The van der Waals surface area contributed by atoms with Crippen molar-refractivity contribution in [2.75, 3.05) is 26.0 Å². The van der Waals surface area contributed by atoms with Crippen molar-refractivity contribution < 1.29 is 0 Å². The highest BCUT2D eigenvalue weighted by Crippen LogP contribution is 2.05. The molecule has 2 heteroatoms. The molecule has 0 saturated heterocycles. The molecule has 0 amide bonds. The van der Waals surface area contributed by atoms with E-state index in [0.717, 1.165) is 18.8 Å². The summed E-state index contributed by atoms with van der Waals surface area (Å²) in [7, 11) is 2.19. The van der Waals surface area contributed by atoms with Crippen LogP contribution in [-0.2, 0) is 0 Å². The third kappa shape index (κ3) is 10.3. The van der Waals surface area contributed by atoms with E-state index in [2.05, 4.69) is 18.9 Å². The van der Waals surface area contributed by atoms with Crippen LogP contribution in [0.15, 0.2) is 0 Å². The standard InChI is InChI=1S/C12H26ClN/c1-3-4-5-6-7-8-11-14(2)12-9-10-13/h3-12H2,1-2H3. The van der Waals surface area contributed by atoms with Crippen LogP contribution in [0.1, 0.15) is 51.9 Å². The van der Waals surface area contributed by atoms with Gasteiger partial charge in [0, 0.05) is 5.88 Å². The van der Waals surface area contributed by atoms with Gasteiger partial charge in [-0.25, -0.2) is 0 Å². The fraction of sp³-hybridized carbons (Fsp3) is 1.00. The van der Waals surface area contributed by atoms with Gasteiger partial charge in [-0.2, -0.15) is 0 Å². The summed E-state index contributed by atoms with van der Waals surface area (Å²) in [5.74, 6) is 0.793. The largest absolute Gasteiger partial charge is 0.306 e. The van der Waals surface area contributed by atoms with Gasteiger partial charge in [0.1, 0.15) is 0 Å². The third-order valence-corrected chi connectivity index (χ3v) is 2.83. The predicted octanol–water partition coefficient (Wildman–Crippen LogP) is 3.91. The summed E-state index contributed by atoms with van der Waals surface area (Å²) in [4.78, 5) is 2.39. The summed E-state index contributed by atoms with van der Waals surface area (Å²) in [6.45, 7) is 4.65. The lowest BCUT2D eigenvalue weighted by Gasteiger charge is -2.15. The Labute approximate surface area is 94.8 Å². The maximum Gasteiger partial charge on any atom is 0.0235 e. The molecule has 0 aliphatic carbocycles. The van der Waals surface area contributed by atoms with Crippen molar-refractivity contribution in [3.05, 3.63) is 0 Å². The van der Waals surface area contributed by atoms with Gasteiger partial charge in [-0.3, -0.25) is 0 Å². The molecule has 1 nitrogen and oxygen atoms in total. The van der Waals surface area contributed by atoms with E-state index in [0.29, 0.717) is 0 Å². The summed E-state index contributed by atoms with van der Waals surface area (Å²) in [5.41, 5.74) is 0. The number of rotatable bonds is 10. The first kappa shape index (κ1) is 14.2. The molecule has 0 saturated carbocycles. The van der Waals surface area contributed by atoms with E-state index < -0.39 is 0 Å². The van der Waals surface area contributed by atoms with Crippen molar-refractivity contribution in [1.29, 1.82) is 0 Å². The zero-order valence-electron chi connectivity index (χ0n) is 9.90. The van der Waals surface area contributed by atoms with Crippen LogP contribution in [0.25, 0.3) is 0 Å². The number of halogens is 1. The lowest BCUT2D eigenvalue weighted by atomic mass is 10.1. The number of unbranched alkanes of at least 4 members (excludes halogenated alkanes) is 5. The number of hydrogen-bond donors (Lipinski definition) is 0. The molecule has 0 spiro atoms. The van der Waals surface area contributed by atoms with Crippen molar-refractivity contribution >= 4 is 11.6 Å². The van der Waals surface area contributed by atoms with Gasteiger partial charge in [-0.1, -0.05) is 39.0 Å². The molecule has 0 aromatic carbocycles. The lowest BCUT2D eigenvalue weighted by Crippen LogP contribution is -2.21. The SMILES string of the molecule is CCCCCCCCN(C)CCCCl. The molecule has 14 heavy (non-hydrogen) atoms. The van der Waals surface area contributed by atoms with Crippen LogP contribution in [0.5, 0.6) is 0 Å². The smallest absolute Gasteiger partial charge is 0.0235 e. The molecule has 0 rings (SSSR count). The van der Waals surface area contributed by atoms with E-state index in [9.17, 15) is 0 Å². The highest BCUT2D eigenvalue weighted by atomic mass is 35.5. The van der Waals surface area contributed by atoms with E-state index in [-0.39, 0.29) is 0 Å². The number of hydrogen-bond acceptors (Lipinski definition) is 1. The van der Waals surface area contributed by atoms with Gasteiger partial charge in [-0.05, 0) is 33.0 Å². The molecular weight excluding hydrogens is 194 g/mol. The van der Waals surface area contributed by atoms with Gasteiger partial charge >= 0.3 is 0 Å². The summed E-state index contributed by atoms with van der Waals surface area (Å²) >= 11 is 5.64. The van der Waals surface area contributed by atoms with E-state index in [1.165, 1.54) is 45.1 Å². The molecule has 0 aliphatic heterocycles. The average molecular weight is 220 g/mol. The van der Waals surface area contributed by atoms with Crippen molar-refractivity contribution in [2.45, 2.75) is 51.9 Å². The Kier molecular flexibility index (Phi) is 11.5. The van der Waals surface area contributed by atoms with E-state index >= 15 is 0 Å². The Balaban J connectivity index is 3.02. The Morgan fingerprint density at radius 2 is 1.43 bits per heavy atom. The second-order valence-corrected chi connectivity index (χ2v) is 4.49. The summed E-state index contributed by atoms with van der Waals surface area (Å²) in [6.07, 6.45) is 9.44. The van der Waals surface area contributed by atoms with Gasteiger partial charge in [0.25, 0.3) is 0 Å². The first-order chi connectivity index (χ1) is 6.81. The molecule has 0 aromatic rings. The van der Waals surface area contributed by atoms with Crippen LogP contribution >= 0.6 is 11.6 Å². The third-order valence-electron chi connectivity index (χ3n) is 2.57. The van der Waals surface area contributed by atoms with Crippen LogP contribution in [0.4, 0.5) is 0 Å². The molecule has 0 aliphatic rings. The molecule has 0 radical (unpaired) electrons. The first-order valence-corrected chi connectivity index (χ1v) is 6.59. The van der Waals surface area contributed by atoms with Crippen LogP contribution < -0.4 is 0 Å². The van der Waals surface area contributed by atoms with Crippen molar-refractivity contribution in [1.82, 2.24) is 4.90 Å². The van der Waals surface area contributed by atoms with E-state index in [4.69, 9.17) is 11.6 Å². The van der Waals surface area contributed by atoms with Gasteiger partial charge < -0.3 is 4.90 Å². The quantitative estimate of drug-likeness (QED) is 0.398. The van der Waals surface area contributed by atoms with Gasteiger partial charge in [-0.15, -0.1) is 11.6 Å². The van der Waals surface area contributed by atoms with Crippen molar-refractivity contribution in [3.8, 4) is 0 Å². The minimum absolute atomic E-state index is 0.793. The average Bonchev–Trinajstić information content (AvgIpc) is 2.20. The molecule has 0 heterocycles. The molecule has 0 fully saturated rings. The van der Waals surface area contributed by atoms with Crippen LogP contribution in [-0.4, -0.2) is 30.9 Å². The highest BCUT2D eigenvalue weighted by Gasteiger charge is 1.97. The molecule has 0 atom stereocenters. The molecule has 0 N–H and O–H groups in total. The van der Waals surface area contributed by atoms with Crippen molar-refractivity contribution in [3.63, 3.8) is 0 Å².